The molecule has 0 bridgehead atoms. The Morgan fingerprint density at radius 2 is 1.30 bits per heavy atom. The van der Waals surface area contributed by atoms with E-state index in [-0.39, 0.29) is 25.8 Å². The third-order valence-electron chi connectivity index (χ3n) is 2.78. The largest absolute Gasteiger partial charge is 0.273 e. The Bertz CT molecular complexity index is 329. The van der Waals surface area contributed by atoms with Gasteiger partial charge in [0.25, 0.3) is 6.69 Å². The van der Waals surface area contributed by atoms with Gasteiger partial charge < -0.3 is 0 Å². The van der Waals surface area contributed by atoms with Gasteiger partial charge in [0.05, 0.1) is 0 Å². The Balaban J connectivity index is 0. The van der Waals surface area contributed by atoms with Gasteiger partial charge in [0.2, 0.25) is 0 Å². The van der Waals surface area contributed by atoms with Crippen molar-refractivity contribution in [3.05, 3.63) is 47.6 Å². The van der Waals surface area contributed by atoms with Crippen molar-refractivity contribution in [3.63, 3.8) is 0 Å². The van der Waals surface area contributed by atoms with Crippen LogP contribution in [-0.2, 0) is 25.8 Å². The summed E-state index contributed by atoms with van der Waals surface area (Å²) in [6.07, 6.45) is 16.5. The molecule has 0 aliphatic heterocycles. The van der Waals surface area contributed by atoms with E-state index in [1.807, 2.05) is 26.0 Å². The van der Waals surface area contributed by atoms with E-state index >= 15 is 0 Å². The van der Waals surface area contributed by atoms with E-state index in [1.165, 1.54) is 11.1 Å². The Hall–Kier alpha value is 0.627. The van der Waals surface area contributed by atoms with Crippen LogP contribution in [0.5, 0.6) is 0 Å². The van der Waals surface area contributed by atoms with Crippen molar-refractivity contribution in [2.24, 2.45) is 0 Å². The Kier molecular flexibility index (Phi) is 15.2. The molecule has 4 heteroatoms. The average molecular weight is 494 g/mol. The molecular weight excluding hydrogens is 470 g/mol. The molecular formula is C16H24Cl2HfSi-2. The molecule has 0 atom stereocenters. The zero-order chi connectivity index (χ0) is 14.7. The van der Waals surface area contributed by atoms with Crippen molar-refractivity contribution in [2.45, 2.75) is 52.6 Å². The summed E-state index contributed by atoms with van der Waals surface area (Å²) in [7, 11) is 0. The molecule has 0 aromatic carbocycles. The molecule has 0 N–H and O–H groups in total. The van der Waals surface area contributed by atoms with Crippen molar-refractivity contribution < 1.29 is 25.8 Å². The molecule has 0 saturated heterocycles. The van der Waals surface area contributed by atoms with Gasteiger partial charge in [-0.05, 0) is 12.1 Å². The summed E-state index contributed by atoms with van der Waals surface area (Å²) in [5.74, 6) is 0. The van der Waals surface area contributed by atoms with Gasteiger partial charge in [-0.25, -0.2) is 23.3 Å². The van der Waals surface area contributed by atoms with Crippen LogP contribution in [0.4, 0.5) is 0 Å². The molecule has 20 heavy (non-hydrogen) atoms. The van der Waals surface area contributed by atoms with Gasteiger partial charge in [0.1, 0.15) is 0 Å². The maximum absolute atomic E-state index is 5.81. The van der Waals surface area contributed by atoms with Gasteiger partial charge in [-0.1, -0.05) is 13.8 Å². The fraction of sp³-hybridized carbons (Fsp3) is 0.500. The summed E-state index contributed by atoms with van der Waals surface area (Å²) in [6, 6.07) is 1.93. The van der Waals surface area contributed by atoms with Crippen LogP contribution >= 0.6 is 22.2 Å². The fourth-order valence-electron chi connectivity index (χ4n) is 1.25. The van der Waals surface area contributed by atoms with Crippen LogP contribution in [0.15, 0.2) is 35.5 Å². The quantitative estimate of drug-likeness (QED) is 0.239. The predicted molar refractivity (Wildman–Crippen MR) is 90.8 cm³/mol. The minimum absolute atomic E-state index is 0. The molecule has 0 amide bonds. The molecule has 0 saturated carbocycles. The van der Waals surface area contributed by atoms with E-state index in [1.54, 1.807) is 0 Å². The van der Waals surface area contributed by atoms with Crippen LogP contribution in [0, 0.1) is 12.2 Å². The molecule has 0 heterocycles. The zero-order valence-electron chi connectivity index (χ0n) is 12.9. The Morgan fingerprint density at radius 3 is 1.35 bits per heavy atom. The second kappa shape index (κ2) is 13.3. The van der Waals surface area contributed by atoms with Gasteiger partial charge in [-0.3, -0.25) is 12.2 Å². The third-order valence-corrected chi connectivity index (χ3v) is 8.05. The summed E-state index contributed by atoms with van der Waals surface area (Å²) in [4.78, 5) is 0. The van der Waals surface area contributed by atoms with Crippen molar-refractivity contribution in [3.8, 4) is 0 Å². The SMILES string of the molecule is CC1=CC[C-]=C1.CC1=CC[C-]=C1.CC[Si](Cl)(Cl)CC.[Hf]. The monoisotopic (exact) mass is 494 g/mol. The van der Waals surface area contributed by atoms with Crippen LogP contribution in [0.1, 0.15) is 40.5 Å². The fourth-order valence-corrected chi connectivity index (χ4v) is 1.75. The van der Waals surface area contributed by atoms with E-state index in [0.29, 0.717) is 0 Å². The summed E-state index contributed by atoms with van der Waals surface area (Å²) in [5.41, 5.74) is 2.69. The topological polar surface area (TPSA) is 0 Å². The van der Waals surface area contributed by atoms with Gasteiger partial charge in [0.15, 0.2) is 0 Å². The molecule has 2 aliphatic carbocycles. The first kappa shape index (κ1) is 22.9. The molecule has 0 aromatic rings. The first-order valence-electron chi connectivity index (χ1n) is 6.75. The summed E-state index contributed by atoms with van der Waals surface area (Å²) in [5, 5.41) is 0. The van der Waals surface area contributed by atoms with Crippen molar-refractivity contribution in [1.29, 1.82) is 0 Å². The van der Waals surface area contributed by atoms with Gasteiger partial charge in [-0.15, -0.1) is 48.8 Å². The van der Waals surface area contributed by atoms with Gasteiger partial charge >= 0.3 is 0 Å². The second-order valence-electron chi connectivity index (χ2n) is 4.56. The van der Waals surface area contributed by atoms with E-state index in [9.17, 15) is 0 Å². The standard InChI is InChI=1S/2C6H7.C4H10Cl2Si.Hf/c2*1-6-4-2-3-5-6;1-3-7(5,6)4-2;/h2*4-5H,2H2,1H3;3-4H2,1-2H3;/q2*-1;;. The number of allylic oxidation sites excluding steroid dienone is 8. The van der Waals surface area contributed by atoms with Crippen LogP contribution in [0.25, 0.3) is 0 Å². The maximum atomic E-state index is 5.81. The molecule has 2 rings (SSSR count). The molecule has 0 unspecified atom stereocenters. The van der Waals surface area contributed by atoms with Crippen molar-refractivity contribution in [1.82, 2.24) is 0 Å². The van der Waals surface area contributed by atoms with E-state index in [0.717, 1.165) is 24.9 Å². The molecule has 2 aliphatic rings. The number of rotatable bonds is 2. The van der Waals surface area contributed by atoms with Gasteiger partial charge in [0, 0.05) is 25.8 Å². The molecule has 0 nitrogen and oxygen atoms in total. The third kappa shape index (κ3) is 13.6. The zero-order valence-corrected chi connectivity index (χ0v) is 19.0. The van der Waals surface area contributed by atoms with Crippen molar-refractivity contribution in [2.75, 3.05) is 0 Å². The number of halogens is 2. The first-order valence-corrected chi connectivity index (χ1v) is 11.2. The minimum atomic E-state index is -1.71. The molecule has 0 spiro atoms. The average Bonchev–Trinajstić information content (AvgIpc) is 3.04. The van der Waals surface area contributed by atoms with E-state index < -0.39 is 6.69 Å². The van der Waals surface area contributed by atoms with E-state index in [2.05, 4.69) is 38.2 Å². The van der Waals surface area contributed by atoms with Crippen LogP contribution in [0.3, 0.4) is 0 Å². The second-order valence-corrected chi connectivity index (χ2v) is 12.6. The number of hydrogen-bond acceptors (Lipinski definition) is 0. The Morgan fingerprint density at radius 1 is 0.950 bits per heavy atom. The molecule has 112 valence electrons. The number of hydrogen-bond donors (Lipinski definition) is 0. The first-order chi connectivity index (χ1) is 8.91. The summed E-state index contributed by atoms with van der Waals surface area (Å²) >= 11 is 11.6. The maximum Gasteiger partial charge on any atom is 0.250 e. The van der Waals surface area contributed by atoms with Crippen LogP contribution < -0.4 is 0 Å². The summed E-state index contributed by atoms with van der Waals surface area (Å²) in [6.45, 7) is 6.53. The molecule has 0 radical (unpaired) electrons. The van der Waals surface area contributed by atoms with Crippen LogP contribution in [0.2, 0.25) is 12.1 Å². The Labute approximate surface area is 154 Å². The smallest absolute Gasteiger partial charge is 0.250 e. The van der Waals surface area contributed by atoms with Crippen molar-refractivity contribution >= 4 is 28.9 Å². The van der Waals surface area contributed by atoms with E-state index in [4.69, 9.17) is 22.2 Å². The minimum Gasteiger partial charge on any atom is -0.273 e. The van der Waals surface area contributed by atoms with Gasteiger partial charge in [-0.2, -0.15) is 12.2 Å². The van der Waals surface area contributed by atoms with Crippen LogP contribution in [-0.4, -0.2) is 6.69 Å². The molecule has 0 fully saturated rings. The summed E-state index contributed by atoms with van der Waals surface area (Å²) < 4.78 is 0. The molecule has 0 aromatic heterocycles. The predicted octanol–water partition coefficient (Wildman–Crippen LogP) is 6.34. The normalized spacial score (nSPS) is 15.3.